The number of methoxy groups -OCH3 is 2. The van der Waals surface area contributed by atoms with Crippen molar-refractivity contribution in [2.75, 3.05) is 14.2 Å². The van der Waals surface area contributed by atoms with E-state index < -0.39 is 7.82 Å². The van der Waals surface area contributed by atoms with Gasteiger partial charge in [0.25, 0.3) is 0 Å². The Morgan fingerprint density at radius 1 is 1.12 bits per heavy atom. The van der Waals surface area contributed by atoms with E-state index in [0.717, 1.165) is 0 Å². The molecule has 0 unspecified atom stereocenters. The van der Waals surface area contributed by atoms with E-state index in [9.17, 15) is 9.83 Å². The summed E-state index contributed by atoms with van der Waals surface area (Å²) >= 11 is 0. The molecule has 2 aromatic rings. The summed E-state index contributed by atoms with van der Waals surface area (Å²) < 4.78 is 25.7. The summed E-state index contributed by atoms with van der Waals surface area (Å²) in [5.74, 6) is 1.10. The van der Waals surface area contributed by atoms with Gasteiger partial charge in [0, 0.05) is 0 Å². The van der Waals surface area contributed by atoms with Gasteiger partial charge in [-0.2, -0.15) is 5.26 Å². The fourth-order valence-electron chi connectivity index (χ4n) is 2.11. The molecule has 0 aliphatic heterocycles. The molecule has 0 heterocycles. The largest absolute Gasteiger partial charge is 1.00 e. The third-order valence-corrected chi connectivity index (χ3v) is 3.68. The van der Waals surface area contributed by atoms with Crippen LogP contribution >= 0.6 is 7.82 Å². The molecule has 0 spiro atoms. The van der Waals surface area contributed by atoms with Gasteiger partial charge in [-0.3, -0.25) is 9.79 Å². The fraction of sp³-hybridized carbons (Fsp3) is 0.118. The average molecular weight is 385 g/mol. The van der Waals surface area contributed by atoms with E-state index in [1.807, 2.05) is 0 Å². The maximum absolute atomic E-state index is 10.8. The summed E-state index contributed by atoms with van der Waals surface area (Å²) in [7, 11) is -1.56. The Balaban J connectivity index is 0.00000338. The maximum Gasteiger partial charge on any atom is 1.00 e. The molecule has 0 atom stereocenters. The quantitative estimate of drug-likeness (QED) is 0.320. The van der Waals surface area contributed by atoms with Crippen molar-refractivity contribution in [3.05, 3.63) is 53.6 Å². The number of hydrogen-bond donors (Lipinski definition) is 2. The molecule has 0 aliphatic carbocycles. The molecule has 0 saturated heterocycles. The van der Waals surface area contributed by atoms with Gasteiger partial charge < -0.3 is 15.4 Å². The molecular formula is C17H17NNaO6P. The van der Waals surface area contributed by atoms with Gasteiger partial charge in [0.15, 0.2) is 11.5 Å². The Kier molecular flexibility index (Phi) is 8.38. The van der Waals surface area contributed by atoms with Crippen LogP contribution in [0.2, 0.25) is 0 Å². The first-order valence-corrected chi connectivity index (χ1v) is 8.58. The van der Waals surface area contributed by atoms with Gasteiger partial charge in [0.2, 0.25) is 0 Å². The number of phosphoric ester groups is 1. The zero-order chi connectivity index (χ0) is 18.4. The molecule has 2 N–H and O–H groups in total. The molecular weight excluding hydrogens is 368 g/mol. The van der Waals surface area contributed by atoms with Crippen LogP contribution < -0.4 is 43.6 Å². The van der Waals surface area contributed by atoms with Crippen LogP contribution in [0.15, 0.2) is 42.5 Å². The second kappa shape index (κ2) is 9.79. The van der Waals surface area contributed by atoms with E-state index in [4.69, 9.17) is 19.3 Å². The van der Waals surface area contributed by atoms with Crippen LogP contribution in [0.5, 0.6) is 17.2 Å². The van der Waals surface area contributed by atoms with E-state index in [1.54, 1.807) is 36.4 Å². The second-order valence-electron chi connectivity index (χ2n) is 4.89. The summed E-state index contributed by atoms with van der Waals surface area (Å²) in [6.45, 7) is 0. The molecule has 132 valence electrons. The number of ether oxygens (including phenoxy) is 2. The van der Waals surface area contributed by atoms with Gasteiger partial charge in [-0.15, -0.1) is 0 Å². The predicted molar refractivity (Wildman–Crippen MR) is 93.3 cm³/mol. The monoisotopic (exact) mass is 385 g/mol. The molecule has 2 rings (SSSR count). The number of rotatable bonds is 6. The molecule has 0 radical (unpaired) electrons. The number of allylic oxidation sites excluding steroid dienone is 1. The first-order chi connectivity index (χ1) is 11.9. The number of nitriles is 1. The minimum Gasteiger partial charge on any atom is -1.00 e. The minimum atomic E-state index is -4.59. The zero-order valence-corrected chi connectivity index (χ0v) is 17.4. The minimum absolute atomic E-state index is 0. The van der Waals surface area contributed by atoms with Crippen LogP contribution in [-0.4, -0.2) is 24.0 Å². The fourth-order valence-corrected chi connectivity index (χ4v) is 2.51. The maximum atomic E-state index is 10.8. The van der Waals surface area contributed by atoms with Crippen molar-refractivity contribution in [2.24, 2.45) is 0 Å². The van der Waals surface area contributed by atoms with Crippen LogP contribution in [-0.2, 0) is 4.57 Å². The van der Waals surface area contributed by atoms with E-state index in [0.29, 0.717) is 28.2 Å². The zero-order valence-electron chi connectivity index (χ0n) is 15.5. The van der Waals surface area contributed by atoms with Crippen molar-refractivity contribution >= 4 is 19.5 Å². The second-order valence-corrected chi connectivity index (χ2v) is 6.05. The van der Waals surface area contributed by atoms with Crippen molar-refractivity contribution in [1.29, 1.82) is 5.26 Å². The van der Waals surface area contributed by atoms with Crippen molar-refractivity contribution in [3.8, 4) is 23.3 Å². The molecule has 0 amide bonds. The topological polar surface area (TPSA) is 109 Å². The molecule has 0 saturated carbocycles. The van der Waals surface area contributed by atoms with Crippen LogP contribution in [0.25, 0.3) is 11.6 Å². The Labute approximate surface area is 174 Å². The van der Waals surface area contributed by atoms with E-state index in [2.05, 4.69) is 10.6 Å². The van der Waals surface area contributed by atoms with Crippen LogP contribution in [0, 0.1) is 11.3 Å². The van der Waals surface area contributed by atoms with Crippen molar-refractivity contribution in [1.82, 2.24) is 0 Å². The van der Waals surface area contributed by atoms with E-state index in [-0.39, 0.29) is 36.7 Å². The predicted octanol–water partition coefficient (Wildman–Crippen LogP) is 0.356. The Hall–Kier alpha value is -1.78. The number of phosphoric acid groups is 1. The van der Waals surface area contributed by atoms with Gasteiger partial charge in [0.05, 0.1) is 25.9 Å². The number of benzene rings is 2. The summed E-state index contributed by atoms with van der Waals surface area (Å²) in [5.41, 5.74) is 1.71. The molecule has 0 aliphatic rings. The van der Waals surface area contributed by atoms with E-state index >= 15 is 0 Å². The Morgan fingerprint density at radius 2 is 1.73 bits per heavy atom. The third kappa shape index (κ3) is 6.19. The molecule has 26 heavy (non-hydrogen) atoms. The van der Waals surface area contributed by atoms with Gasteiger partial charge in [-0.1, -0.05) is 12.1 Å². The smallest absolute Gasteiger partial charge is 1.00 e. The SMILES string of the molecule is COc1ccc(C(C#N)=Cc2ccc(OP(=O)(O)O)cc2)cc1OC.[H-].[Na+]. The summed E-state index contributed by atoms with van der Waals surface area (Å²) in [4.78, 5) is 17.6. The Bertz CT molecular complexity index is 876. The number of hydrogen-bond acceptors (Lipinski definition) is 5. The first kappa shape index (κ1) is 22.3. The summed E-state index contributed by atoms with van der Waals surface area (Å²) in [5, 5.41) is 9.42. The molecule has 2 aromatic carbocycles. The Morgan fingerprint density at radius 3 is 2.23 bits per heavy atom. The molecule has 7 nitrogen and oxygen atoms in total. The van der Waals surface area contributed by atoms with Gasteiger partial charge in [-0.05, 0) is 47.5 Å². The van der Waals surface area contributed by atoms with E-state index in [1.165, 1.54) is 26.4 Å². The normalized spacial score (nSPS) is 11.1. The molecule has 0 fully saturated rings. The number of nitrogens with zero attached hydrogens (tertiary/aromatic N) is 1. The standard InChI is InChI=1S/C17H16NO6P.Na.H/c1-22-16-8-5-13(10-17(16)23-2)14(11-18)9-12-3-6-15(7-4-12)24-25(19,20)21;;/h3-10H,1-2H3,(H2,19,20,21);;/q;+1;-1. The third-order valence-electron chi connectivity index (χ3n) is 3.23. The summed E-state index contributed by atoms with van der Waals surface area (Å²) in [6.07, 6.45) is 1.64. The summed E-state index contributed by atoms with van der Waals surface area (Å²) in [6, 6.07) is 13.2. The van der Waals surface area contributed by atoms with Gasteiger partial charge >= 0.3 is 37.4 Å². The van der Waals surface area contributed by atoms with Crippen LogP contribution in [0.1, 0.15) is 12.6 Å². The van der Waals surface area contributed by atoms with Crippen molar-refractivity contribution in [3.63, 3.8) is 0 Å². The van der Waals surface area contributed by atoms with Crippen molar-refractivity contribution < 1.29 is 59.3 Å². The molecule has 9 heteroatoms. The van der Waals surface area contributed by atoms with Crippen LogP contribution in [0.3, 0.4) is 0 Å². The van der Waals surface area contributed by atoms with Crippen molar-refractivity contribution in [2.45, 2.75) is 0 Å². The average Bonchev–Trinajstić information content (AvgIpc) is 2.59. The first-order valence-electron chi connectivity index (χ1n) is 7.05. The van der Waals surface area contributed by atoms with Gasteiger partial charge in [-0.25, -0.2) is 4.57 Å². The molecule has 0 aromatic heterocycles. The molecule has 0 bridgehead atoms. The van der Waals surface area contributed by atoms with Crippen LogP contribution in [0.4, 0.5) is 0 Å². The van der Waals surface area contributed by atoms with Gasteiger partial charge in [0.1, 0.15) is 5.75 Å².